The van der Waals surface area contributed by atoms with E-state index in [1.54, 1.807) is 31.2 Å². The van der Waals surface area contributed by atoms with Gasteiger partial charge in [-0.1, -0.05) is 42.5 Å². The number of imide groups is 1. The number of rotatable bonds is 7. The van der Waals surface area contributed by atoms with Gasteiger partial charge in [0.25, 0.3) is 0 Å². The fraction of sp³-hybridized carbons (Fsp3) is 0.333. The number of hydrogen-bond acceptors (Lipinski definition) is 5. The Morgan fingerprint density at radius 1 is 0.971 bits per heavy atom. The summed E-state index contributed by atoms with van der Waals surface area (Å²) in [6, 6.07) is 14.8. The second-order valence-corrected chi connectivity index (χ2v) is 9.04. The van der Waals surface area contributed by atoms with Gasteiger partial charge < -0.3 is 10.1 Å². The van der Waals surface area contributed by atoms with Gasteiger partial charge in [0, 0.05) is 12.1 Å². The van der Waals surface area contributed by atoms with E-state index in [-0.39, 0.29) is 48.5 Å². The zero-order chi connectivity index (χ0) is 23.8. The van der Waals surface area contributed by atoms with E-state index in [4.69, 9.17) is 4.74 Å². The molecule has 3 amide bonds. The van der Waals surface area contributed by atoms with Crippen molar-refractivity contribution < 1.29 is 23.9 Å². The summed E-state index contributed by atoms with van der Waals surface area (Å²) in [6.45, 7) is 2.01. The molecule has 1 aliphatic heterocycles. The number of likely N-dealkylation sites (tertiary alicyclic amines) is 1. The molecule has 7 nitrogen and oxygen atoms in total. The van der Waals surface area contributed by atoms with Gasteiger partial charge in [-0.25, -0.2) is 4.79 Å². The molecule has 1 saturated heterocycles. The summed E-state index contributed by atoms with van der Waals surface area (Å²) in [6.07, 6.45) is 5.14. The number of carbonyl (C=O) groups excluding carboxylic acids is 4. The maximum atomic E-state index is 13.5. The van der Waals surface area contributed by atoms with E-state index >= 15 is 0 Å². The van der Waals surface area contributed by atoms with Crippen LogP contribution in [-0.4, -0.2) is 41.2 Å². The molecule has 2 aromatic rings. The number of carbonyl (C=O) groups is 4. The largest absolute Gasteiger partial charge is 0.462 e. The summed E-state index contributed by atoms with van der Waals surface area (Å²) in [5, 5.41) is 2.83. The standard InChI is InChI=1S/C27H26N2O5/c1-2-34-27(33)17-10-12-20(13-11-17)28-24(30)21(14-16-6-4-3-5-7-16)29-25(31)22-18-8-9-19(15-18)23(22)26(29)32/h3-13,18-19,21-23H,2,14-15H2,1H3,(H,28,30)/t18-,19-,21-,22+,23+/m0/s1. The molecule has 2 aliphatic carbocycles. The first-order valence-electron chi connectivity index (χ1n) is 11.6. The van der Waals surface area contributed by atoms with Gasteiger partial charge in [0.1, 0.15) is 6.04 Å². The number of fused-ring (bicyclic) bond motifs is 5. The van der Waals surface area contributed by atoms with E-state index in [1.165, 1.54) is 4.90 Å². The van der Waals surface area contributed by atoms with Gasteiger partial charge in [-0.05, 0) is 55.0 Å². The molecule has 0 unspecified atom stereocenters. The molecule has 34 heavy (non-hydrogen) atoms. The Labute approximate surface area is 197 Å². The van der Waals surface area contributed by atoms with Crippen LogP contribution >= 0.6 is 0 Å². The zero-order valence-corrected chi connectivity index (χ0v) is 18.8. The van der Waals surface area contributed by atoms with E-state index < -0.39 is 17.9 Å². The Hall–Kier alpha value is -3.74. The van der Waals surface area contributed by atoms with Crippen LogP contribution in [0.2, 0.25) is 0 Å². The van der Waals surface area contributed by atoms with E-state index in [9.17, 15) is 19.2 Å². The predicted molar refractivity (Wildman–Crippen MR) is 125 cm³/mol. The predicted octanol–water partition coefficient (Wildman–Crippen LogP) is 3.22. The lowest BCUT2D eigenvalue weighted by Crippen LogP contribution is -2.49. The summed E-state index contributed by atoms with van der Waals surface area (Å²) >= 11 is 0. The quantitative estimate of drug-likeness (QED) is 0.391. The average molecular weight is 459 g/mol. The molecule has 0 radical (unpaired) electrons. The lowest BCUT2D eigenvalue weighted by molar-refractivity contribution is -0.147. The van der Waals surface area contributed by atoms with Crippen LogP contribution in [0.5, 0.6) is 0 Å². The average Bonchev–Trinajstić information content (AvgIpc) is 3.53. The normalized spacial score (nSPS) is 25.4. The van der Waals surface area contributed by atoms with E-state index in [2.05, 4.69) is 5.32 Å². The molecule has 2 aromatic carbocycles. The topological polar surface area (TPSA) is 92.8 Å². The van der Waals surface area contributed by atoms with Crippen LogP contribution in [0.25, 0.3) is 0 Å². The van der Waals surface area contributed by atoms with Crippen molar-refractivity contribution in [3.8, 4) is 0 Å². The van der Waals surface area contributed by atoms with Gasteiger partial charge in [0.2, 0.25) is 17.7 Å². The molecule has 1 saturated carbocycles. The van der Waals surface area contributed by atoms with Crippen molar-refractivity contribution in [3.05, 3.63) is 77.9 Å². The monoisotopic (exact) mass is 458 g/mol. The summed E-state index contributed by atoms with van der Waals surface area (Å²) < 4.78 is 4.99. The number of nitrogens with one attached hydrogen (secondary N) is 1. The molecule has 2 bridgehead atoms. The summed E-state index contributed by atoms with van der Waals surface area (Å²) in [5.74, 6) is -1.95. The first kappa shape index (κ1) is 22.1. The van der Waals surface area contributed by atoms with E-state index in [0.29, 0.717) is 11.3 Å². The lowest BCUT2D eigenvalue weighted by Gasteiger charge is -2.27. The molecule has 2 fully saturated rings. The minimum Gasteiger partial charge on any atom is -0.462 e. The second kappa shape index (κ2) is 8.89. The molecular weight excluding hydrogens is 432 g/mol. The van der Waals surface area contributed by atoms with Crippen LogP contribution in [-0.2, 0) is 25.5 Å². The van der Waals surface area contributed by atoms with Crippen molar-refractivity contribution in [1.82, 2.24) is 4.90 Å². The highest BCUT2D eigenvalue weighted by atomic mass is 16.5. The zero-order valence-electron chi connectivity index (χ0n) is 18.8. The van der Waals surface area contributed by atoms with Gasteiger partial charge in [-0.15, -0.1) is 0 Å². The number of allylic oxidation sites excluding steroid dienone is 2. The molecule has 5 atom stereocenters. The maximum absolute atomic E-state index is 13.5. The maximum Gasteiger partial charge on any atom is 0.338 e. The Balaban J connectivity index is 1.39. The number of amides is 3. The van der Waals surface area contributed by atoms with E-state index in [1.807, 2.05) is 42.5 Å². The summed E-state index contributed by atoms with van der Waals surface area (Å²) in [5.41, 5.74) is 1.71. The number of hydrogen-bond donors (Lipinski definition) is 1. The molecule has 7 heteroatoms. The number of nitrogens with zero attached hydrogens (tertiary/aromatic N) is 1. The third-order valence-electron chi connectivity index (χ3n) is 7.05. The van der Waals surface area contributed by atoms with E-state index in [0.717, 1.165) is 12.0 Å². The van der Waals surface area contributed by atoms with Gasteiger partial charge >= 0.3 is 5.97 Å². The Kier molecular flexibility index (Phi) is 5.77. The van der Waals surface area contributed by atoms with Crippen LogP contribution in [0.1, 0.15) is 29.3 Å². The molecule has 174 valence electrons. The number of benzene rings is 2. The fourth-order valence-corrected chi connectivity index (χ4v) is 5.50. The molecular formula is C27H26N2O5. The molecule has 1 heterocycles. The minimum absolute atomic E-state index is 0.0762. The van der Waals surface area contributed by atoms with Crippen molar-refractivity contribution >= 4 is 29.4 Å². The number of ether oxygens (including phenoxy) is 1. The van der Waals surface area contributed by atoms with Gasteiger partial charge in [-0.3, -0.25) is 19.3 Å². The third kappa shape index (κ3) is 3.81. The first-order valence-corrected chi connectivity index (χ1v) is 11.6. The molecule has 0 aromatic heterocycles. The van der Waals surface area contributed by atoms with Crippen molar-refractivity contribution in [1.29, 1.82) is 0 Å². The van der Waals surface area contributed by atoms with Crippen molar-refractivity contribution in [2.45, 2.75) is 25.8 Å². The van der Waals surface area contributed by atoms with Crippen LogP contribution < -0.4 is 5.32 Å². The summed E-state index contributed by atoms with van der Waals surface area (Å²) in [7, 11) is 0. The Morgan fingerprint density at radius 3 is 2.18 bits per heavy atom. The molecule has 0 spiro atoms. The number of esters is 1. The van der Waals surface area contributed by atoms with Crippen molar-refractivity contribution in [3.63, 3.8) is 0 Å². The summed E-state index contributed by atoms with van der Waals surface area (Å²) in [4.78, 5) is 53.3. The Morgan fingerprint density at radius 2 is 1.59 bits per heavy atom. The molecule has 5 rings (SSSR count). The fourth-order valence-electron chi connectivity index (χ4n) is 5.50. The highest BCUT2D eigenvalue weighted by molar-refractivity contribution is 6.11. The highest BCUT2D eigenvalue weighted by Crippen LogP contribution is 2.53. The molecule has 3 aliphatic rings. The smallest absolute Gasteiger partial charge is 0.338 e. The van der Waals surface area contributed by atoms with Gasteiger partial charge in [0.15, 0.2) is 0 Å². The second-order valence-electron chi connectivity index (χ2n) is 9.04. The van der Waals surface area contributed by atoms with Crippen LogP contribution in [0, 0.1) is 23.7 Å². The minimum atomic E-state index is -0.961. The molecule has 1 N–H and O–H groups in total. The van der Waals surface area contributed by atoms with Gasteiger partial charge in [0.05, 0.1) is 24.0 Å². The third-order valence-corrected chi connectivity index (χ3v) is 7.05. The number of anilines is 1. The van der Waals surface area contributed by atoms with Crippen molar-refractivity contribution in [2.75, 3.05) is 11.9 Å². The van der Waals surface area contributed by atoms with Crippen molar-refractivity contribution in [2.24, 2.45) is 23.7 Å². The van der Waals surface area contributed by atoms with Gasteiger partial charge in [-0.2, -0.15) is 0 Å². The van der Waals surface area contributed by atoms with Crippen LogP contribution in [0.4, 0.5) is 5.69 Å². The van der Waals surface area contributed by atoms with Crippen LogP contribution in [0.15, 0.2) is 66.7 Å². The SMILES string of the molecule is CCOC(=O)c1ccc(NC(=O)[C@H](Cc2ccccc2)N2C(=O)[C@H]3[C@H](C2=O)[C@H]2C=C[C@H]3C2)cc1. The Bertz CT molecular complexity index is 1130. The highest BCUT2D eigenvalue weighted by Gasteiger charge is 2.61. The first-order chi connectivity index (χ1) is 16.5. The van der Waals surface area contributed by atoms with Crippen LogP contribution in [0.3, 0.4) is 0 Å². The lowest BCUT2D eigenvalue weighted by atomic mass is 9.85.